The lowest BCUT2D eigenvalue weighted by atomic mass is 10.1. The maximum atomic E-state index is 12.5. The fourth-order valence-electron chi connectivity index (χ4n) is 3.59. The van der Waals surface area contributed by atoms with Gasteiger partial charge in [0.05, 0.1) is 12.0 Å². The van der Waals surface area contributed by atoms with Gasteiger partial charge in [0.1, 0.15) is 24.3 Å². The Balaban J connectivity index is 1.47. The highest BCUT2D eigenvalue weighted by atomic mass is 16.6. The quantitative estimate of drug-likeness (QED) is 0.139. The van der Waals surface area contributed by atoms with Crippen molar-refractivity contribution in [3.05, 3.63) is 112 Å². The molecule has 35 heavy (non-hydrogen) atoms. The molecule has 0 atom stereocenters. The summed E-state index contributed by atoms with van der Waals surface area (Å²) in [7, 11) is 3.10. The van der Waals surface area contributed by atoms with Gasteiger partial charge in [-0.1, -0.05) is 54.6 Å². The first-order chi connectivity index (χ1) is 16.9. The predicted octanol–water partition coefficient (Wildman–Crippen LogP) is 5.48. The molecule has 0 saturated heterocycles. The molecular formula is C27H23N3O5. The minimum atomic E-state index is -0.622. The smallest absolute Gasteiger partial charge is 0.318 e. The Hall–Kier alpha value is -4.72. The van der Waals surface area contributed by atoms with Crippen molar-refractivity contribution >= 4 is 17.5 Å². The van der Waals surface area contributed by atoms with Gasteiger partial charge in [0.25, 0.3) is 0 Å². The van der Waals surface area contributed by atoms with Gasteiger partial charge >= 0.3 is 5.69 Å². The zero-order chi connectivity index (χ0) is 24.8. The van der Waals surface area contributed by atoms with E-state index in [1.807, 2.05) is 48.5 Å². The molecule has 0 saturated carbocycles. The SMILES string of the molecule is COc1ccc(/C=C/C(=O)c2nn(C)cc2[N+](=O)[O-])cc1COc1ccc(-c2ccccc2)cc1. The van der Waals surface area contributed by atoms with Crippen LogP contribution in [0.15, 0.2) is 85.1 Å². The molecule has 4 rings (SSSR count). The van der Waals surface area contributed by atoms with Gasteiger partial charge in [-0.15, -0.1) is 0 Å². The Kier molecular flexibility index (Phi) is 7.02. The topological polar surface area (TPSA) is 96.5 Å². The van der Waals surface area contributed by atoms with Crippen molar-refractivity contribution in [3.8, 4) is 22.6 Å². The third-order valence-corrected chi connectivity index (χ3v) is 5.33. The van der Waals surface area contributed by atoms with Crippen molar-refractivity contribution in [2.75, 3.05) is 7.11 Å². The summed E-state index contributed by atoms with van der Waals surface area (Å²) in [5, 5.41) is 15.1. The molecule has 4 aromatic rings. The minimum Gasteiger partial charge on any atom is -0.496 e. The number of rotatable bonds is 9. The van der Waals surface area contributed by atoms with Gasteiger partial charge < -0.3 is 9.47 Å². The molecule has 1 heterocycles. The molecular weight excluding hydrogens is 446 g/mol. The first-order valence-corrected chi connectivity index (χ1v) is 10.8. The molecule has 0 spiro atoms. The van der Waals surface area contributed by atoms with Gasteiger partial charge in [0, 0.05) is 12.6 Å². The van der Waals surface area contributed by atoms with Crippen molar-refractivity contribution in [1.82, 2.24) is 9.78 Å². The van der Waals surface area contributed by atoms with E-state index >= 15 is 0 Å². The molecule has 0 amide bonds. The maximum absolute atomic E-state index is 12.5. The fourth-order valence-corrected chi connectivity index (χ4v) is 3.59. The van der Waals surface area contributed by atoms with Crippen LogP contribution in [-0.4, -0.2) is 27.6 Å². The van der Waals surface area contributed by atoms with Crippen LogP contribution in [0, 0.1) is 10.1 Å². The number of aryl methyl sites for hydroxylation is 1. The van der Waals surface area contributed by atoms with Gasteiger partial charge in [-0.2, -0.15) is 5.10 Å². The van der Waals surface area contributed by atoms with Crippen molar-refractivity contribution in [2.45, 2.75) is 6.61 Å². The number of nitro groups is 1. The van der Waals surface area contributed by atoms with Crippen LogP contribution in [0.25, 0.3) is 17.2 Å². The first kappa shape index (κ1) is 23.4. The Morgan fingerprint density at radius 1 is 1.06 bits per heavy atom. The van der Waals surface area contributed by atoms with Gasteiger partial charge in [-0.05, 0) is 47.0 Å². The molecule has 176 valence electrons. The van der Waals surface area contributed by atoms with Gasteiger partial charge in [-0.3, -0.25) is 19.6 Å². The van der Waals surface area contributed by atoms with Crippen LogP contribution >= 0.6 is 0 Å². The minimum absolute atomic E-state index is 0.204. The van der Waals surface area contributed by atoms with E-state index in [-0.39, 0.29) is 18.0 Å². The van der Waals surface area contributed by atoms with Gasteiger partial charge in [-0.25, -0.2) is 0 Å². The van der Waals surface area contributed by atoms with Crippen molar-refractivity contribution < 1.29 is 19.2 Å². The lowest BCUT2D eigenvalue weighted by Gasteiger charge is -2.12. The summed E-state index contributed by atoms with van der Waals surface area (Å²) in [5.74, 6) is 0.810. The number of hydrogen-bond acceptors (Lipinski definition) is 6. The summed E-state index contributed by atoms with van der Waals surface area (Å²) in [6.07, 6.45) is 4.05. The molecule has 0 aliphatic carbocycles. The largest absolute Gasteiger partial charge is 0.496 e. The fraction of sp³-hybridized carbons (Fsp3) is 0.111. The summed E-state index contributed by atoms with van der Waals surface area (Å²) in [4.78, 5) is 23.0. The van der Waals surface area contributed by atoms with Crippen LogP contribution in [0.4, 0.5) is 5.69 Å². The molecule has 8 heteroatoms. The van der Waals surface area contributed by atoms with E-state index in [1.165, 1.54) is 24.0 Å². The summed E-state index contributed by atoms with van der Waals surface area (Å²) in [5.41, 5.74) is 3.20. The van der Waals surface area contributed by atoms with E-state index in [0.717, 1.165) is 22.3 Å². The zero-order valence-corrected chi connectivity index (χ0v) is 19.3. The Morgan fingerprint density at radius 2 is 1.77 bits per heavy atom. The molecule has 0 fully saturated rings. The van der Waals surface area contributed by atoms with E-state index in [9.17, 15) is 14.9 Å². The first-order valence-electron chi connectivity index (χ1n) is 10.8. The molecule has 8 nitrogen and oxygen atoms in total. The average Bonchev–Trinajstić information content (AvgIpc) is 3.29. The van der Waals surface area contributed by atoms with E-state index < -0.39 is 10.7 Å². The van der Waals surface area contributed by atoms with Crippen molar-refractivity contribution in [2.24, 2.45) is 7.05 Å². The molecule has 1 aromatic heterocycles. The van der Waals surface area contributed by atoms with E-state index in [1.54, 1.807) is 25.3 Å². The van der Waals surface area contributed by atoms with Gasteiger partial charge in [0.2, 0.25) is 11.5 Å². The molecule has 0 aliphatic heterocycles. The standard InChI is InChI=1S/C27H23N3O5/c1-29-17-24(30(32)33)27(28-29)25(31)14-8-19-9-15-26(34-2)22(16-19)18-35-23-12-10-21(11-13-23)20-6-4-3-5-7-20/h3-17H,18H2,1-2H3/b14-8+. The van der Waals surface area contributed by atoms with Crippen LogP contribution in [0.2, 0.25) is 0 Å². The Bertz CT molecular complexity index is 1380. The van der Waals surface area contributed by atoms with Crippen LogP contribution < -0.4 is 9.47 Å². The summed E-state index contributed by atoms with van der Waals surface area (Å²) in [6.45, 7) is 0.259. The molecule has 3 aromatic carbocycles. The normalized spacial score (nSPS) is 10.9. The molecule has 0 aliphatic rings. The molecule has 0 unspecified atom stereocenters. The zero-order valence-electron chi connectivity index (χ0n) is 19.3. The van der Waals surface area contributed by atoms with E-state index in [2.05, 4.69) is 17.2 Å². The van der Waals surface area contributed by atoms with Crippen LogP contribution in [0.3, 0.4) is 0 Å². The highest BCUT2D eigenvalue weighted by molar-refractivity contribution is 6.08. The van der Waals surface area contributed by atoms with E-state index in [4.69, 9.17) is 9.47 Å². The lowest BCUT2D eigenvalue weighted by molar-refractivity contribution is -0.385. The second-order valence-electron chi connectivity index (χ2n) is 7.74. The number of benzene rings is 3. The number of methoxy groups -OCH3 is 1. The van der Waals surface area contributed by atoms with Gasteiger partial charge in [0.15, 0.2) is 0 Å². The monoisotopic (exact) mass is 469 g/mol. The van der Waals surface area contributed by atoms with Crippen LogP contribution in [0.1, 0.15) is 21.6 Å². The Morgan fingerprint density at radius 3 is 2.46 bits per heavy atom. The Labute approximate surface area is 202 Å². The third-order valence-electron chi connectivity index (χ3n) is 5.33. The number of allylic oxidation sites excluding steroid dienone is 1. The van der Waals surface area contributed by atoms with Crippen molar-refractivity contribution in [1.29, 1.82) is 0 Å². The van der Waals surface area contributed by atoms with Crippen LogP contribution in [0.5, 0.6) is 11.5 Å². The molecule has 0 radical (unpaired) electrons. The second kappa shape index (κ2) is 10.5. The predicted molar refractivity (Wildman–Crippen MR) is 132 cm³/mol. The summed E-state index contributed by atoms with van der Waals surface area (Å²) >= 11 is 0. The number of aromatic nitrogens is 2. The number of ether oxygens (including phenoxy) is 2. The number of ketones is 1. The summed E-state index contributed by atoms with van der Waals surface area (Å²) < 4.78 is 12.7. The third kappa shape index (κ3) is 5.62. The number of carbonyl (C=O) groups is 1. The number of carbonyl (C=O) groups excluding carboxylic acids is 1. The number of hydrogen-bond donors (Lipinski definition) is 0. The average molecular weight is 469 g/mol. The molecule has 0 bridgehead atoms. The van der Waals surface area contributed by atoms with Crippen LogP contribution in [-0.2, 0) is 13.7 Å². The molecule has 0 N–H and O–H groups in total. The van der Waals surface area contributed by atoms with Crippen molar-refractivity contribution in [3.63, 3.8) is 0 Å². The van der Waals surface area contributed by atoms with E-state index in [0.29, 0.717) is 11.5 Å². The second-order valence-corrected chi connectivity index (χ2v) is 7.74. The maximum Gasteiger partial charge on any atom is 0.318 e. The highest BCUT2D eigenvalue weighted by Gasteiger charge is 2.23. The summed E-state index contributed by atoms with van der Waals surface area (Å²) in [6, 6.07) is 23.3. The highest BCUT2D eigenvalue weighted by Crippen LogP contribution is 2.26. The number of nitrogens with zero attached hydrogens (tertiary/aromatic N) is 3. The lowest BCUT2D eigenvalue weighted by Crippen LogP contribution is -2.01.